The molecule has 0 radical (unpaired) electrons. The molecule has 2 atom stereocenters. The molecule has 1 aromatic rings. The number of nitrogens with zero attached hydrogens (tertiary/aromatic N) is 1. The minimum atomic E-state index is 0.560. The second-order valence-corrected chi connectivity index (χ2v) is 4.46. The zero-order valence-electron chi connectivity index (χ0n) is 10.7. The standard InChI is InChI=1S/C14H24N2/c1-4-5-6-7-14(15-3)12(2)13-8-10-16-11-9-13/h8-12,14-15H,4-7H2,1-3H3. The van der Waals surface area contributed by atoms with Crippen LogP contribution in [0.25, 0.3) is 0 Å². The molecule has 1 rings (SSSR count). The molecule has 0 aliphatic heterocycles. The van der Waals surface area contributed by atoms with E-state index in [0.717, 1.165) is 0 Å². The Labute approximate surface area is 99.5 Å². The Balaban J connectivity index is 2.52. The summed E-state index contributed by atoms with van der Waals surface area (Å²) in [6.07, 6.45) is 8.96. The van der Waals surface area contributed by atoms with E-state index in [1.807, 2.05) is 12.4 Å². The van der Waals surface area contributed by atoms with E-state index in [2.05, 4.69) is 43.3 Å². The van der Waals surface area contributed by atoms with E-state index in [1.54, 1.807) is 0 Å². The van der Waals surface area contributed by atoms with Gasteiger partial charge in [0.2, 0.25) is 0 Å². The van der Waals surface area contributed by atoms with E-state index < -0.39 is 0 Å². The molecule has 0 saturated carbocycles. The minimum absolute atomic E-state index is 0.560. The maximum Gasteiger partial charge on any atom is 0.0270 e. The van der Waals surface area contributed by atoms with Crippen molar-refractivity contribution in [1.29, 1.82) is 0 Å². The molecule has 0 fully saturated rings. The summed E-state index contributed by atoms with van der Waals surface area (Å²) in [5.74, 6) is 0.560. The fourth-order valence-electron chi connectivity index (χ4n) is 2.16. The number of pyridine rings is 1. The summed E-state index contributed by atoms with van der Waals surface area (Å²) < 4.78 is 0. The lowest BCUT2D eigenvalue weighted by Crippen LogP contribution is -2.30. The van der Waals surface area contributed by atoms with Gasteiger partial charge in [-0.1, -0.05) is 33.1 Å². The lowest BCUT2D eigenvalue weighted by molar-refractivity contribution is 0.436. The SMILES string of the molecule is CCCCCC(NC)C(C)c1ccncc1. The molecule has 0 aromatic carbocycles. The first-order valence-corrected chi connectivity index (χ1v) is 6.36. The Hall–Kier alpha value is -0.890. The summed E-state index contributed by atoms with van der Waals surface area (Å²) in [5, 5.41) is 3.44. The van der Waals surface area contributed by atoms with Crippen LogP contribution in [0.5, 0.6) is 0 Å². The average Bonchev–Trinajstić information content (AvgIpc) is 2.35. The van der Waals surface area contributed by atoms with Crippen molar-refractivity contribution < 1.29 is 0 Å². The largest absolute Gasteiger partial charge is 0.316 e. The summed E-state index contributed by atoms with van der Waals surface area (Å²) in [5.41, 5.74) is 1.38. The molecule has 2 heteroatoms. The molecule has 2 unspecified atom stereocenters. The third kappa shape index (κ3) is 3.93. The van der Waals surface area contributed by atoms with E-state index in [4.69, 9.17) is 0 Å². The van der Waals surface area contributed by atoms with Crippen LogP contribution in [0.2, 0.25) is 0 Å². The number of nitrogens with one attached hydrogen (secondary N) is 1. The molecule has 90 valence electrons. The highest BCUT2D eigenvalue weighted by atomic mass is 14.9. The van der Waals surface area contributed by atoms with Gasteiger partial charge in [-0.15, -0.1) is 0 Å². The van der Waals surface area contributed by atoms with Crippen LogP contribution in [0.15, 0.2) is 24.5 Å². The number of rotatable bonds is 7. The molecular weight excluding hydrogens is 196 g/mol. The van der Waals surface area contributed by atoms with Gasteiger partial charge in [0.15, 0.2) is 0 Å². The summed E-state index contributed by atoms with van der Waals surface area (Å²) in [7, 11) is 2.06. The predicted octanol–water partition coefficient (Wildman–Crippen LogP) is 3.35. The van der Waals surface area contributed by atoms with Crippen LogP contribution in [0.4, 0.5) is 0 Å². The second-order valence-electron chi connectivity index (χ2n) is 4.46. The van der Waals surface area contributed by atoms with Gasteiger partial charge in [0, 0.05) is 18.4 Å². The van der Waals surface area contributed by atoms with E-state index in [1.165, 1.54) is 31.2 Å². The van der Waals surface area contributed by atoms with Gasteiger partial charge in [0.25, 0.3) is 0 Å². The lowest BCUT2D eigenvalue weighted by Gasteiger charge is -2.23. The maximum atomic E-state index is 4.07. The van der Waals surface area contributed by atoms with Crippen molar-refractivity contribution in [2.75, 3.05) is 7.05 Å². The highest BCUT2D eigenvalue weighted by Crippen LogP contribution is 2.21. The predicted molar refractivity (Wildman–Crippen MR) is 69.6 cm³/mol. The van der Waals surface area contributed by atoms with E-state index in [0.29, 0.717) is 12.0 Å². The van der Waals surface area contributed by atoms with Crippen molar-refractivity contribution in [2.24, 2.45) is 0 Å². The third-order valence-electron chi connectivity index (χ3n) is 3.32. The molecule has 0 aliphatic rings. The van der Waals surface area contributed by atoms with E-state index in [-0.39, 0.29) is 0 Å². The van der Waals surface area contributed by atoms with Crippen molar-refractivity contribution in [1.82, 2.24) is 10.3 Å². The molecular formula is C14H24N2. The van der Waals surface area contributed by atoms with Crippen LogP contribution in [0, 0.1) is 0 Å². The zero-order valence-corrected chi connectivity index (χ0v) is 10.7. The van der Waals surface area contributed by atoms with E-state index >= 15 is 0 Å². The van der Waals surface area contributed by atoms with Crippen LogP contribution in [0.1, 0.15) is 51.0 Å². The zero-order chi connectivity index (χ0) is 11.8. The van der Waals surface area contributed by atoms with Crippen LogP contribution >= 0.6 is 0 Å². The third-order valence-corrected chi connectivity index (χ3v) is 3.32. The molecule has 0 spiro atoms. The Morgan fingerprint density at radius 2 is 1.94 bits per heavy atom. The molecule has 0 aliphatic carbocycles. The number of unbranched alkanes of at least 4 members (excludes halogenated alkanes) is 2. The second kappa shape index (κ2) is 7.39. The van der Waals surface area contributed by atoms with Crippen LogP contribution in [-0.4, -0.2) is 18.1 Å². The van der Waals surface area contributed by atoms with Crippen molar-refractivity contribution in [3.8, 4) is 0 Å². The normalized spacial score (nSPS) is 14.7. The molecule has 0 saturated heterocycles. The summed E-state index contributed by atoms with van der Waals surface area (Å²) in [6.45, 7) is 4.54. The van der Waals surface area contributed by atoms with Crippen molar-refractivity contribution in [3.63, 3.8) is 0 Å². The minimum Gasteiger partial charge on any atom is -0.316 e. The van der Waals surface area contributed by atoms with Crippen LogP contribution in [-0.2, 0) is 0 Å². The Morgan fingerprint density at radius 1 is 1.25 bits per heavy atom. The number of likely N-dealkylation sites (N-methyl/N-ethyl adjacent to an activating group) is 1. The topological polar surface area (TPSA) is 24.9 Å². The number of hydrogen-bond acceptors (Lipinski definition) is 2. The first-order chi connectivity index (χ1) is 7.79. The van der Waals surface area contributed by atoms with Gasteiger partial charge in [-0.25, -0.2) is 0 Å². The summed E-state index contributed by atoms with van der Waals surface area (Å²) in [4.78, 5) is 4.07. The fourth-order valence-corrected chi connectivity index (χ4v) is 2.16. The van der Waals surface area contributed by atoms with Crippen molar-refractivity contribution in [2.45, 2.75) is 51.5 Å². The average molecular weight is 220 g/mol. The first kappa shape index (κ1) is 13.2. The molecule has 1 aromatic heterocycles. The molecule has 0 bridgehead atoms. The lowest BCUT2D eigenvalue weighted by atomic mass is 9.90. The van der Waals surface area contributed by atoms with Crippen molar-refractivity contribution in [3.05, 3.63) is 30.1 Å². The van der Waals surface area contributed by atoms with E-state index in [9.17, 15) is 0 Å². The van der Waals surface area contributed by atoms with Gasteiger partial charge in [0.1, 0.15) is 0 Å². The van der Waals surface area contributed by atoms with Gasteiger partial charge in [-0.2, -0.15) is 0 Å². The number of hydrogen-bond donors (Lipinski definition) is 1. The quantitative estimate of drug-likeness (QED) is 0.713. The number of aromatic nitrogens is 1. The first-order valence-electron chi connectivity index (χ1n) is 6.36. The molecule has 2 nitrogen and oxygen atoms in total. The van der Waals surface area contributed by atoms with Crippen LogP contribution < -0.4 is 5.32 Å². The van der Waals surface area contributed by atoms with Gasteiger partial charge in [-0.05, 0) is 37.1 Å². The Morgan fingerprint density at radius 3 is 2.50 bits per heavy atom. The molecule has 16 heavy (non-hydrogen) atoms. The molecule has 0 amide bonds. The molecule has 1 N–H and O–H groups in total. The van der Waals surface area contributed by atoms with Crippen LogP contribution in [0.3, 0.4) is 0 Å². The van der Waals surface area contributed by atoms with Gasteiger partial charge in [-0.3, -0.25) is 4.98 Å². The van der Waals surface area contributed by atoms with Gasteiger partial charge in [0.05, 0.1) is 0 Å². The smallest absolute Gasteiger partial charge is 0.0270 e. The summed E-state index contributed by atoms with van der Waals surface area (Å²) >= 11 is 0. The summed E-state index contributed by atoms with van der Waals surface area (Å²) in [6, 6.07) is 4.82. The Bertz CT molecular complexity index is 271. The fraction of sp³-hybridized carbons (Fsp3) is 0.643. The highest BCUT2D eigenvalue weighted by molar-refractivity contribution is 5.16. The monoisotopic (exact) mass is 220 g/mol. The van der Waals surface area contributed by atoms with Gasteiger partial charge >= 0.3 is 0 Å². The Kier molecular flexibility index (Phi) is 6.09. The van der Waals surface area contributed by atoms with Gasteiger partial charge < -0.3 is 5.32 Å². The molecule has 1 heterocycles. The maximum absolute atomic E-state index is 4.07. The van der Waals surface area contributed by atoms with Crippen molar-refractivity contribution >= 4 is 0 Å². The highest BCUT2D eigenvalue weighted by Gasteiger charge is 2.16.